The van der Waals surface area contributed by atoms with Gasteiger partial charge in [-0.05, 0) is 33.9 Å². The Labute approximate surface area is 134 Å². The highest BCUT2D eigenvalue weighted by Gasteiger charge is 2.24. The van der Waals surface area contributed by atoms with Gasteiger partial charge in [-0.25, -0.2) is 0 Å². The van der Waals surface area contributed by atoms with Crippen molar-refractivity contribution in [1.29, 1.82) is 0 Å². The summed E-state index contributed by atoms with van der Waals surface area (Å²) in [4.78, 5) is 9.54. The zero-order valence-electron chi connectivity index (χ0n) is 12.4. The highest BCUT2D eigenvalue weighted by molar-refractivity contribution is 14.0. The van der Waals surface area contributed by atoms with E-state index >= 15 is 0 Å². The largest absolute Gasteiger partial charge is 0.357 e. The van der Waals surface area contributed by atoms with Crippen LogP contribution in [0.3, 0.4) is 0 Å². The molecule has 1 unspecified atom stereocenters. The Balaban J connectivity index is 0.00000180. The van der Waals surface area contributed by atoms with E-state index in [1.807, 2.05) is 0 Å². The zero-order chi connectivity index (χ0) is 13.0. The number of piperazine rings is 1. The Hall–Kier alpha value is -0.0800. The molecule has 0 radical (unpaired) electrons. The summed E-state index contributed by atoms with van der Waals surface area (Å²) in [7, 11) is 4.39. The minimum Gasteiger partial charge on any atom is -0.357 e. The quantitative estimate of drug-likeness (QED) is 0.425. The topological polar surface area (TPSA) is 42.9 Å². The van der Waals surface area contributed by atoms with Crippen LogP contribution < -0.4 is 10.6 Å². The van der Waals surface area contributed by atoms with Crippen LogP contribution in [0.5, 0.6) is 0 Å². The second-order valence-corrected chi connectivity index (χ2v) is 5.53. The molecule has 1 heterocycles. The number of hydrogen-bond donors (Lipinski definition) is 2. The summed E-state index contributed by atoms with van der Waals surface area (Å²) >= 11 is 0. The van der Waals surface area contributed by atoms with E-state index in [9.17, 15) is 0 Å². The molecule has 1 saturated heterocycles. The fraction of sp³-hybridized carbons (Fsp3) is 0.923. The molecule has 2 fully saturated rings. The molecular weight excluding hydrogens is 353 g/mol. The Kier molecular flexibility index (Phi) is 7.38. The van der Waals surface area contributed by atoms with Crippen molar-refractivity contribution < 1.29 is 0 Å². The lowest BCUT2D eigenvalue weighted by atomic mass is 10.2. The van der Waals surface area contributed by atoms with Crippen molar-refractivity contribution in [2.45, 2.75) is 31.8 Å². The summed E-state index contributed by atoms with van der Waals surface area (Å²) in [6, 6.07) is 1.20. The number of halogens is 1. The predicted molar refractivity (Wildman–Crippen MR) is 91.5 cm³/mol. The highest BCUT2D eigenvalue weighted by Crippen LogP contribution is 2.18. The standard InChI is InChI=1S/C13H27N5.HI/c1-4-14-13(16-11-5-6-11)15-9-12-10-17(2)7-8-18(12)3;/h11-12H,4-10H2,1-3H3,(H2,14,15,16);1H. The van der Waals surface area contributed by atoms with Gasteiger partial charge in [-0.1, -0.05) is 0 Å². The molecule has 112 valence electrons. The number of nitrogens with one attached hydrogen (secondary N) is 2. The van der Waals surface area contributed by atoms with Crippen molar-refractivity contribution in [2.24, 2.45) is 4.99 Å². The van der Waals surface area contributed by atoms with Crippen molar-refractivity contribution in [3.8, 4) is 0 Å². The van der Waals surface area contributed by atoms with Gasteiger partial charge in [0.2, 0.25) is 0 Å². The van der Waals surface area contributed by atoms with Crippen LogP contribution in [0.2, 0.25) is 0 Å². The van der Waals surface area contributed by atoms with Gasteiger partial charge in [0.25, 0.3) is 0 Å². The molecule has 1 saturated carbocycles. The van der Waals surface area contributed by atoms with E-state index in [4.69, 9.17) is 4.99 Å². The molecule has 1 aliphatic carbocycles. The minimum atomic E-state index is 0. The lowest BCUT2D eigenvalue weighted by Gasteiger charge is -2.36. The third-order valence-corrected chi connectivity index (χ3v) is 3.70. The van der Waals surface area contributed by atoms with Gasteiger partial charge in [0.15, 0.2) is 5.96 Å². The number of nitrogens with zero attached hydrogens (tertiary/aromatic N) is 3. The Morgan fingerprint density at radius 1 is 1.26 bits per heavy atom. The molecule has 5 nitrogen and oxygen atoms in total. The molecule has 2 rings (SSSR count). The van der Waals surface area contributed by atoms with E-state index in [1.54, 1.807) is 0 Å². The molecule has 0 amide bonds. The average Bonchev–Trinajstić information content (AvgIpc) is 3.14. The average molecular weight is 381 g/mol. The first-order chi connectivity index (χ1) is 8.69. The third kappa shape index (κ3) is 5.83. The number of aliphatic imine (C=N–C) groups is 1. The van der Waals surface area contributed by atoms with Crippen molar-refractivity contribution in [2.75, 3.05) is 46.8 Å². The van der Waals surface area contributed by atoms with Crippen LogP contribution in [-0.4, -0.2) is 74.7 Å². The van der Waals surface area contributed by atoms with Gasteiger partial charge in [0, 0.05) is 38.3 Å². The molecule has 0 aromatic heterocycles. The van der Waals surface area contributed by atoms with Crippen LogP contribution in [0.15, 0.2) is 4.99 Å². The van der Waals surface area contributed by atoms with E-state index in [-0.39, 0.29) is 24.0 Å². The number of likely N-dealkylation sites (N-methyl/N-ethyl adjacent to an activating group) is 2. The minimum absolute atomic E-state index is 0. The van der Waals surface area contributed by atoms with E-state index < -0.39 is 0 Å². The molecule has 19 heavy (non-hydrogen) atoms. The van der Waals surface area contributed by atoms with Crippen molar-refractivity contribution >= 4 is 29.9 Å². The molecular formula is C13H28IN5. The maximum atomic E-state index is 4.73. The van der Waals surface area contributed by atoms with Crippen molar-refractivity contribution in [1.82, 2.24) is 20.4 Å². The molecule has 0 aromatic carbocycles. The van der Waals surface area contributed by atoms with Gasteiger partial charge in [-0.15, -0.1) is 24.0 Å². The molecule has 0 spiro atoms. The van der Waals surface area contributed by atoms with Gasteiger partial charge in [-0.2, -0.15) is 0 Å². The monoisotopic (exact) mass is 381 g/mol. The van der Waals surface area contributed by atoms with Gasteiger partial charge in [0.1, 0.15) is 0 Å². The van der Waals surface area contributed by atoms with Crippen molar-refractivity contribution in [3.05, 3.63) is 0 Å². The van der Waals surface area contributed by atoms with Crippen molar-refractivity contribution in [3.63, 3.8) is 0 Å². The normalized spacial score (nSPS) is 25.8. The van der Waals surface area contributed by atoms with E-state index in [1.165, 1.54) is 12.8 Å². The molecule has 6 heteroatoms. The van der Waals surface area contributed by atoms with Crippen LogP contribution in [0.4, 0.5) is 0 Å². The lowest BCUT2D eigenvalue weighted by Crippen LogP contribution is -2.51. The summed E-state index contributed by atoms with van der Waals surface area (Å²) in [5.74, 6) is 0.988. The molecule has 0 bridgehead atoms. The van der Waals surface area contributed by atoms with E-state index in [0.29, 0.717) is 12.1 Å². The number of hydrogen-bond acceptors (Lipinski definition) is 3. The highest BCUT2D eigenvalue weighted by atomic mass is 127. The maximum absolute atomic E-state index is 4.73. The molecule has 0 aromatic rings. The SMILES string of the molecule is CCNC(=NCC1CN(C)CCN1C)NC1CC1.I. The Bertz CT molecular complexity index is 293. The molecule has 2 N–H and O–H groups in total. The van der Waals surface area contributed by atoms with Crippen LogP contribution in [0.1, 0.15) is 19.8 Å². The maximum Gasteiger partial charge on any atom is 0.191 e. The van der Waals surface area contributed by atoms with Crippen LogP contribution in [0, 0.1) is 0 Å². The Morgan fingerprint density at radius 3 is 2.63 bits per heavy atom. The molecule has 2 aliphatic rings. The van der Waals surface area contributed by atoms with Gasteiger partial charge < -0.3 is 15.5 Å². The van der Waals surface area contributed by atoms with E-state index in [0.717, 1.165) is 38.7 Å². The summed E-state index contributed by atoms with van der Waals surface area (Å²) in [6.07, 6.45) is 2.58. The van der Waals surface area contributed by atoms with Crippen LogP contribution in [-0.2, 0) is 0 Å². The second kappa shape index (κ2) is 8.26. The number of rotatable bonds is 4. The summed E-state index contributed by atoms with van der Waals surface area (Å²) in [6.45, 7) is 7.34. The smallest absolute Gasteiger partial charge is 0.191 e. The summed E-state index contributed by atoms with van der Waals surface area (Å²) in [5, 5.41) is 6.79. The number of guanidine groups is 1. The first kappa shape index (κ1) is 17.0. The van der Waals surface area contributed by atoms with Crippen LogP contribution in [0.25, 0.3) is 0 Å². The first-order valence-corrected chi connectivity index (χ1v) is 7.12. The van der Waals surface area contributed by atoms with Crippen LogP contribution >= 0.6 is 24.0 Å². The zero-order valence-corrected chi connectivity index (χ0v) is 14.7. The van der Waals surface area contributed by atoms with Gasteiger partial charge in [0.05, 0.1) is 6.54 Å². The fourth-order valence-corrected chi connectivity index (χ4v) is 2.24. The summed E-state index contributed by atoms with van der Waals surface area (Å²) in [5.41, 5.74) is 0. The first-order valence-electron chi connectivity index (χ1n) is 7.12. The third-order valence-electron chi connectivity index (χ3n) is 3.70. The fourth-order valence-electron chi connectivity index (χ4n) is 2.24. The second-order valence-electron chi connectivity index (χ2n) is 5.53. The summed E-state index contributed by atoms with van der Waals surface area (Å²) < 4.78 is 0. The van der Waals surface area contributed by atoms with Gasteiger partial charge in [-0.3, -0.25) is 9.89 Å². The Morgan fingerprint density at radius 2 is 2.00 bits per heavy atom. The van der Waals surface area contributed by atoms with Gasteiger partial charge >= 0.3 is 0 Å². The molecule has 1 atom stereocenters. The van der Waals surface area contributed by atoms with E-state index in [2.05, 4.69) is 41.5 Å². The lowest BCUT2D eigenvalue weighted by molar-refractivity contribution is 0.119. The molecule has 1 aliphatic heterocycles. The predicted octanol–water partition coefficient (Wildman–Crippen LogP) is 0.568.